The van der Waals surface area contributed by atoms with E-state index < -0.39 is 0 Å². The van der Waals surface area contributed by atoms with Crippen LogP contribution in [0.4, 0.5) is 0 Å². The third kappa shape index (κ3) is 4.57. The minimum atomic E-state index is -0.319. The summed E-state index contributed by atoms with van der Waals surface area (Å²) < 4.78 is 11.1. The SMILES string of the molecule is CCOc1ccc(-c2nnc(S[C@@H](C)C(=O)c3ccc(C)c(C)c3)o2)cc1. The molecule has 5 nitrogen and oxygen atoms in total. The van der Waals surface area contributed by atoms with E-state index in [1.807, 2.05) is 70.2 Å². The van der Waals surface area contributed by atoms with Gasteiger partial charge in [0, 0.05) is 11.1 Å². The monoisotopic (exact) mass is 382 g/mol. The van der Waals surface area contributed by atoms with Crippen LogP contribution in [0.3, 0.4) is 0 Å². The molecule has 1 atom stereocenters. The Labute approximate surface area is 163 Å². The van der Waals surface area contributed by atoms with Crippen LogP contribution >= 0.6 is 11.8 Å². The fraction of sp³-hybridized carbons (Fsp3) is 0.286. The molecule has 0 spiro atoms. The average Bonchev–Trinajstić information content (AvgIpc) is 3.12. The first kappa shape index (κ1) is 19.2. The van der Waals surface area contributed by atoms with E-state index in [1.54, 1.807) is 0 Å². The van der Waals surface area contributed by atoms with E-state index in [0.29, 0.717) is 23.3 Å². The lowest BCUT2D eigenvalue weighted by Crippen LogP contribution is -2.13. The molecule has 0 bridgehead atoms. The molecule has 0 amide bonds. The van der Waals surface area contributed by atoms with Gasteiger partial charge in [-0.1, -0.05) is 23.9 Å². The van der Waals surface area contributed by atoms with Crippen molar-refractivity contribution in [2.45, 2.75) is 38.2 Å². The lowest BCUT2D eigenvalue weighted by atomic mass is 10.0. The van der Waals surface area contributed by atoms with Gasteiger partial charge in [-0.15, -0.1) is 10.2 Å². The van der Waals surface area contributed by atoms with Crippen LogP contribution in [0.15, 0.2) is 52.1 Å². The van der Waals surface area contributed by atoms with Gasteiger partial charge >= 0.3 is 0 Å². The van der Waals surface area contributed by atoms with Crippen molar-refractivity contribution in [2.24, 2.45) is 0 Å². The predicted molar refractivity (Wildman–Crippen MR) is 106 cm³/mol. The number of aromatic nitrogens is 2. The third-order valence-electron chi connectivity index (χ3n) is 4.26. The van der Waals surface area contributed by atoms with Gasteiger partial charge < -0.3 is 9.15 Å². The van der Waals surface area contributed by atoms with E-state index in [9.17, 15) is 4.79 Å². The number of nitrogens with zero attached hydrogens (tertiary/aromatic N) is 2. The minimum absolute atomic E-state index is 0.0453. The highest BCUT2D eigenvalue weighted by Gasteiger charge is 2.20. The van der Waals surface area contributed by atoms with Crippen LogP contribution in [-0.2, 0) is 0 Å². The fourth-order valence-electron chi connectivity index (χ4n) is 2.57. The lowest BCUT2D eigenvalue weighted by molar-refractivity contribution is 0.0993. The van der Waals surface area contributed by atoms with Crippen molar-refractivity contribution in [1.29, 1.82) is 0 Å². The number of carbonyl (C=O) groups is 1. The van der Waals surface area contributed by atoms with E-state index in [2.05, 4.69) is 10.2 Å². The quantitative estimate of drug-likeness (QED) is 0.418. The summed E-state index contributed by atoms with van der Waals surface area (Å²) in [5, 5.41) is 8.20. The number of hydrogen-bond donors (Lipinski definition) is 0. The molecule has 0 aliphatic carbocycles. The van der Waals surface area contributed by atoms with Gasteiger partial charge in [-0.05, 0) is 69.2 Å². The molecule has 2 aromatic carbocycles. The van der Waals surface area contributed by atoms with E-state index in [0.717, 1.165) is 16.9 Å². The van der Waals surface area contributed by atoms with Crippen LogP contribution in [0.5, 0.6) is 5.75 Å². The summed E-state index contributed by atoms with van der Waals surface area (Å²) in [6.07, 6.45) is 0. The van der Waals surface area contributed by atoms with Crippen molar-refractivity contribution >= 4 is 17.5 Å². The molecule has 1 heterocycles. The highest BCUT2D eigenvalue weighted by molar-refractivity contribution is 8.00. The summed E-state index contributed by atoms with van der Waals surface area (Å²) in [7, 11) is 0. The molecular weight excluding hydrogens is 360 g/mol. The van der Waals surface area contributed by atoms with Crippen LogP contribution < -0.4 is 4.74 Å². The summed E-state index contributed by atoms with van der Waals surface area (Å²) in [4.78, 5) is 12.7. The van der Waals surface area contributed by atoms with E-state index in [-0.39, 0.29) is 11.0 Å². The largest absolute Gasteiger partial charge is 0.494 e. The summed E-state index contributed by atoms with van der Waals surface area (Å²) in [5.74, 6) is 1.26. The van der Waals surface area contributed by atoms with Crippen molar-refractivity contribution in [3.05, 3.63) is 59.2 Å². The Morgan fingerprint density at radius 2 is 1.85 bits per heavy atom. The number of carbonyl (C=O) groups excluding carboxylic acids is 1. The van der Waals surface area contributed by atoms with Gasteiger partial charge in [0.1, 0.15) is 5.75 Å². The maximum absolute atomic E-state index is 12.7. The summed E-state index contributed by atoms with van der Waals surface area (Å²) in [6, 6.07) is 13.2. The van der Waals surface area contributed by atoms with E-state index in [1.165, 1.54) is 17.3 Å². The first-order valence-electron chi connectivity index (χ1n) is 8.82. The zero-order valence-electron chi connectivity index (χ0n) is 15.9. The Morgan fingerprint density at radius 1 is 1.11 bits per heavy atom. The molecule has 1 aromatic heterocycles. The summed E-state index contributed by atoms with van der Waals surface area (Å²) in [5.41, 5.74) is 3.78. The minimum Gasteiger partial charge on any atom is -0.494 e. The van der Waals surface area contributed by atoms with Gasteiger partial charge in [0.05, 0.1) is 11.9 Å². The topological polar surface area (TPSA) is 65.2 Å². The standard InChI is InChI=1S/C21H22N2O3S/c1-5-25-18-10-8-16(9-11-18)20-22-23-21(26-20)27-15(4)19(24)17-7-6-13(2)14(3)12-17/h6-12,15H,5H2,1-4H3/t15-/m0/s1. The lowest BCUT2D eigenvalue weighted by Gasteiger charge is -2.09. The van der Waals surface area contributed by atoms with Crippen LogP contribution in [-0.4, -0.2) is 27.8 Å². The number of rotatable bonds is 7. The van der Waals surface area contributed by atoms with Crippen LogP contribution in [0.1, 0.15) is 35.3 Å². The predicted octanol–water partition coefficient (Wildman–Crippen LogP) is 5.12. The number of aryl methyl sites for hydroxylation is 2. The molecule has 0 radical (unpaired) electrons. The smallest absolute Gasteiger partial charge is 0.277 e. The number of hydrogen-bond acceptors (Lipinski definition) is 6. The first-order valence-corrected chi connectivity index (χ1v) is 9.70. The van der Waals surface area contributed by atoms with Gasteiger partial charge in [0.15, 0.2) is 5.78 Å². The molecule has 0 aliphatic heterocycles. The Kier molecular flexibility index (Phi) is 5.96. The molecule has 3 rings (SSSR count). The van der Waals surface area contributed by atoms with Crippen molar-refractivity contribution in [2.75, 3.05) is 6.61 Å². The fourth-order valence-corrected chi connectivity index (χ4v) is 3.33. The molecule has 0 N–H and O–H groups in total. The molecule has 27 heavy (non-hydrogen) atoms. The number of thioether (sulfide) groups is 1. The molecule has 0 fully saturated rings. The molecule has 0 unspecified atom stereocenters. The number of ether oxygens (including phenoxy) is 1. The van der Waals surface area contributed by atoms with Crippen molar-refractivity contribution < 1.29 is 13.9 Å². The highest BCUT2D eigenvalue weighted by Crippen LogP contribution is 2.28. The number of benzene rings is 2. The van der Waals surface area contributed by atoms with Gasteiger partial charge in [-0.2, -0.15) is 0 Å². The van der Waals surface area contributed by atoms with Crippen molar-refractivity contribution in [3.63, 3.8) is 0 Å². The maximum atomic E-state index is 12.7. The van der Waals surface area contributed by atoms with Gasteiger partial charge in [-0.25, -0.2) is 0 Å². The first-order chi connectivity index (χ1) is 13.0. The molecular formula is C21H22N2O3S. The van der Waals surface area contributed by atoms with E-state index in [4.69, 9.17) is 9.15 Å². The van der Waals surface area contributed by atoms with Crippen molar-refractivity contribution in [3.8, 4) is 17.2 Å². The van der Waals surface area contributed by atoms with Gasteiger partial charge in [0.2, 0.25) is 5.89 Å². The highest BCUT2D eigenvalue weighted by atomic mass is 32.2. The number of ketones is 1. The molecule has 0 saturated carbocycles. The normalized spacial score (nSPS) is 12.0. The van der Waals surface area contributed by atoms with Crippen molar-refractivity contribution in [1.82, 2.24) is 10.2 Å². The Morgan fingerprint density at radius 3 is 2.52 bits per heavy atom. The second kappa shape index (κ2) is 8.39. The van der Waals surface area contributed by atoms with Crippen LogP contribution in [0.2, 0.25) is 0 Å². The third-order valence-corrected chi connectivity index (χ3v) is 5.19. The Balaban J connectivity index is 1.69. The molecule has 3 aromatic rings. The second-order valence-corrected chi connectivity index (χ2v) is 7.55. The van der Waals surface area contributed by atoms with Crippen LogP contribution in [0.25, 0.3) is 11.5 Å². The Hall–Kier alpha value is -2.60. The molecule has 140 valence electrons. The van der Waals surface area contributed by atoms with Gasteiger partial charge in [0.25, 0.3) is 5.22 Å². The molecule has 6 heteroatoms. The van der Waals surface area contributed by atoms with Crippen LogP contribution in [0, 0.1) is 13.8 Å². The van der Waals surface area contributed by atoms with E-state index >= 15 is 0 Å². The molecule has 0 saturated heterocycles. The average molecular weight is 382 g/mol. The molecule has 0 aliphatic rings. The summed E-state index contributed by atoms with van der Waals surface area (Å²) >= 11 is 1.27. The zero-order chi connectivity index (χ0) is 19.4. The summed E-state index contributed by atoms with van der Waals surface area (Å²) in [6.45, 7) is 8.44. The zero-order valence-corrected chi connectivity index (χ0v) is 16.7. The second-order valence-electron chi connectivity index (χ2n) is 6.25. The Bertz CT molecular complexity index is 935. The number of Topliss-reactive ketones (excluding diaryl/α,β-unsaturated/α-hetero) is 1. The van der Waals surface area contributed by atoms with Gasteiger partial charge in [-0.3, -0.25) is 4.79 Å². The maximum Gasteiger partial charge on any atom is 0.277 e.